The topological polar surface area (TPSA) is 57.9 Å². The highest BCUT2D eigenvalue weighted by molar-refractivity contribution is 5.74. The van der Waals surface area contributed by atoms with Gasteiger partial charge >= 0.3 is 0 Å². The molecule has 2 N–H and O–H groups in total. The molecule has 4 nitrogen and oxygen atoms in total. The minimum Gasteiger partial charge on any atom is -0.348 e. The van der Waals surface area contributed by atoms with E-state index in [9.17, 15) is 4.79 Å². The summed E-state index contributed by atoms with van der Waals surface area (Å²) in [5, 5.41) is 10.5. The van der Waals surface area contributed by atoms with Crippen molar-refractivity contribution in [3.63, 3.8) is 0 Å². The number of hydrogen-bond donors (Lipinski definition) is 2. The van der Waals surface area contributed by atoms with Crippen molar-refractivity contribution in [2.24, 2.45) is 0 Å². The zero-order chi connectivity index (χ0) is 9.26. The summed E-state index contributed by atoms with van der Waals surface area (Å²) >= 11 is 0. The zero-order valence-corrected chi connectivity index (χ0v) is 6.95. The van der Waals surface area contributed by atoms with E-state index < -0.39 is 0 Å². The van der Waals surface area contributed by atoms with Crippen LogP contribution in [0.15, 0.2) is 30.0 Å². The molecule has 0 fully saturated rings. The molecule has 0 atom stereocenters. The number of aldehydes is 1. The molecule has 1 aliphatic rings. The summed E-state index contributed by atoms with van der Waals surface area (Å²) < 4.78 is 1.74. The predicted octanol–water partition coefficient (Wildman–Crippen LogP) is 0.476. The summed E-state index contributed by atoms with van der Waals surface area (Å²) in [6, 6.07) is 5.37. The Kier molecular flexibility index (Phi) is 1.73. The third-order valence-corrected chi connectivity index (χ3v) is 1.99. The van der Waals surface area contributed by atoms with Crippen LogP contribution in [0.25, 0.3) is 0 Å². The first-order valence-corrected chi connectivity index (χ1v) is 3.96. The average Bonchev–Trinajstić information content (AvgIpc) is 2.18. The quantitative estimate of drug-likeness (QED) is 0.610. The van der Waals surface area contributed by atoms with Gasteiger partial charge in [-0.3, -0.25) is 10.2 Å². The Balaban J connectivity index is 2.50. The molecular formula is C9H9N3O. The molecule has 4 heteroatoms. The number of hydrogen-bond acceptors (Lipinski definition) is 3. The Bertz CT molecular complexity index is 431. The van der Waals surface area contributed by atoms with Crippen LogP contribution in [0.4, 0.5) is 5.82 Å². The molecule has 2 rings (SSSR count). The van der Waals surface area contributed by atoms with Crippen molar-refractivity contribution in [3.8, 4) is 0 Å². The maximum Gasteiger partial charge on any atom is 0.149 e. The van der Waals surface area contributed by atoms with Crippen LogP contribution >= 0.6 is 0 Å². The normalized spacial score (nSPS) is 14.0. The van der Waals surface area contributed by atoms with Crippen LogP contribution in [0.5, 0.6) is 0 Å². The molecule has 0 saturated heterocycles. The van der Waals surface area contributed by atoms with E-state index in [4.69, 9.17) is 5.41 Å². The number of fused-ring (bicyclic) bond motifs is 1. The van der Waals surface area contributed by atoms with Gasteiger partial charge in [0.2, 0.25) is 0 Å². The van der Waals surface area contributed by atoms with Crippen molar-refractivity contribution < 1.29 is 4.79 Å². The third kappa shape index (κ3) is 1.26. The lowest BCUT2D eigenvalue weighted by Gasteiger charge is -2.18. The predicted molar refractivity (Wildman–Crippen MR) is 48.1 cm³/mol. The molecule has 0 aromatic carbocycles. The average molecular weight is 175 g/mol. The van der Waals surface area contributed by atoms with Crippen LogP contribution in [-0.4, -0.2) is 10.9 Å². The van der Waals surface area contributed by atoms with Gasteiger partial charge in [-0.15, -0.1) is 0 Å². The fourth-order valence-corrected chi connectivity index (χ4v) is 1.30. The summed E-state index contributed by atoms with van der Waals surface area (Å²) in [5.41, 5.74) is 1.05. The molecule has 0 unspecified atom stereocenters. The number of nitrogens with zero attached hydrogens (tertiary/aromatic N) is 1. The molecule has 1 aromatic heterocycles. The zero-order valence-electron chi connectivity index (χ0n) is 6.95. The van der Waals surface area contributed by atoms with E-state index in [-0.39, 0.29) is 0 Å². The standard InChI is InChI=1S/C9H9N3O/c10-8-2-1-3-9-11-4-7(6-13)5-12(8)9/h1-4,6,10-11H,5H2. The number of pyridine rings is 1. The third-order valence-electron chi connectivity index (χ3n) is 1.99. The molecule has 0 spiro atoms. The molecule has 0 bridgehead atoms. The van der Waals surface area contributed by atoms with Crippen molar-refractivity contribution in [3.05, 3.63) is 35.5 Å². The first-order chi connectivity index (χ1) is 6.31. The fraction of sp³-hybridized carbons (Fsp3) is 0.111. The second-order valence-electron chi connectivity index (χ2n) is 2.86. The Hall–Kier alpha value is -1.84. The number of nitrogens with one attached hydrogen (secondary N) is 2. The SMILES string of the molecule is N=c1cccc2n1CC(C=O)=CN2. The number of carbonyl (C=O) groups is 1. The minimum atomic E-state index is 0.400. The summed E-state index contributed by atoms with van der Waals surface area (Å²) in [7, 11) is 0. The lowest BCUT2D eigenvalue weighted by atomic mass is 10.2. The van der Waals surface area contributed by atoms with Gasteiger partial charge in [-0.25, -0.2) is 0 Å². The van der Waals surface area contributed by atoms with Crippen molar-refractivity contribution in [1.29, 1.82) is 5.41 Å². The number of allylic oxidation sites excluding steroid dienone is 1. The smallest absolute Gasteiger partial charge is 0.149 e. The molecule has 1 aliphatic heterocycles. The number of aromatic nitrogens is 1. The Morgan fingerprint density at radius 1 is 1.54 bits per heavy atom. The van der Waals surface area contributed by atoms with Gasteiger partial charge in [0.1, 0.15) is 17.6 Å². The van der Waals surface area contributed by atoms with Crippen molar-refractivity contribution >= 4 is 12.1 Å². The van der Waals surface area contributed by atoms with Gasteiger partial charge in [-0.2, -0.15) is 0 Å². The van der Waals surface area contributed by atoms with E-state index in [1.54, 1.807) is 22.9 Å². The van der Waals surface area contributed by atoms with E-state index in [0.717, 1.165) is 12.1 Å². The maximum atomic E-state index is 10.5. The van der Waals surface area contributed by atoms with E-state index >= 15 is 0 Å². The van der Waals surface area contributed by atoms with Gasteiger partial charge in [0, 0.05) is 11.8 Å². The summed E-state index contributed by atoms with van der Waals surface area (Å²) in [6.45, 7) is 0.478. The molecule has 0 aliphatic carbocycles. The molecule has 1 aromatic rings. The molecule has 0 amide bonds. The molecule has 2 heterocycles. The van der Waals surface area contributed by atoms with Crippen LogP contribution in [0.1, 0.15) is 0 Å². The van der Waals surface area contributed by atoms with Crippen LogP contribution in [0.3, 0.4) is 0 Å². The largest absolute Gasteiger partial charge is 0.348 e. The second kappa shape index (κ2) is 2.90. The highest BCUT2D eigenvalue weighted by Crippen LogP contribution is 2.11. The maximum absolute atomic E-state index is 10.5. The van der Waals surface area contributed by atoms with Crippen LogP contribution < -0.4 is 10.8 Å². The molecule has 66 valence electrons. The molecule has 0 radical (unpaired) electrons. The van der Waals surface area contributed by atoms with Crippen molar-refractivity contribution in [1.82, 2.24) is 4.57 Å². The van der Waals surface area contributed by atoms with Crippen molar-refractivity contribution in [2.75, 3.05) is 5.32 Å². The van der Waals surface area contributed by atoms with E-state index in [1.165, 1.54) is 0 Å². The van der Waals surface area contributed by atoms with E-state index in [1.807, 2.05) is 6.07 Å². The molecular weight excluding hydrogens is 166 g/mol. The fourth-order valence-electron chi connectivity index (χ4n) is 1.30. The molecule has 0 saturated carbocycles. The number of anilines is 1. The first-order valence-electron chi connectivity index (χ1n) is 3.96. The highest BCUT2D eigenvalue weighted by Gasteiger charge is 2.07. The van der Waals surface area contributed by atoms with E-state index in [2.05, 4.69) is 5.32 Å². The lowest BCUT2D eigenvalue weighted by molar-refractivity contribution is -0.105. The summed E-state index contributed by atoms with van der Waals surface area (Å²) in [6.07, 6.45) is 2.47. The number of rotatable bonds is 1. The second-order valence-corrected chi connectivity index (χ2v) is 2.86. The Morgan fingerprint density at radius 3 is 3.15 bits per heavy atom. The van der Waals surface area contributed by atoms with Gasteiger partial charge in [0.05, 0.1) is 6.54 Å². The van der Waals surface area contributed by atoms with Gasteiger partial charge in [0.15, 0.2) is 0 Å². The summed E-state index contributed by atoms with van der Waals surface area (Å²) in [5.74, 6) is 0.845. The van der Waals surface area contributed by atoms with E-state index in [0.29, 0.717) is 17.6 Å². The lowest BCUT2D eigenvalue weighted by Crippen LogP contribution is -2.25. The highest BCUT2D eigenvalue weighted by atomic mass is 16.1. The first kappa shape index (κ1) is 7.79. The van der Waals surface area contributed by atoms with Crippen LogP contribution in [0.2, 0.25) is 0 Å². The summed E-state index contributed by atoms with van der Waals surface area (Å²) in [4.78, 5) is 10.5. The van der Waals surface area contributed by atoms with Crippen molar-refractivity contribution in [2.45, 2.75) is 6.54 Å². The van der Waals surface area contributed by atoms with Gasteiger partial charge < -0.3 is 9.88 Å². The molecule has 13 heavy (non-hydrogen) atoms. The minimum absolute atomic E-state index is 0.400. The number of carbonyl (C=O) groups excluding carboxylic acids is 1. The van der Waals surface area contributed by atoms with Gasteiger partial charge in [-0.1, -0.05) is 6.07 Å². The Morgan fingerprint density at radius 2 is 2.38 bits per heavy atom. The monoisotopic (exact) mass is 175 g/mol. The Labute approximate surface area is 75.0 Å². The van der Waals surface area contributed by atoms with Crippen LogP contribution in [0, 0.1) is 5.41 Å². The van der Waals surface area contributed by atoms with Gasteiger partial charge in [0.25, 0.3) is 0 Å². The van der Waals surface area contributed by atoms with Crippen LogP contribution in [-0.2, 0) is 11.3 Å². The van der Waals surface area contributed by atoms with Gasteiger partial charge in [-0.05, 0) is 12.1 Å².